The molecule has 0 radical (unpaired) electrons. The lowest BCUT2D eigenvalue weighted by Crippen LogP contribution is -2.29. The molecule has 10 heteroatoms. The smallest absolute Gasteiger partial charge is 0.247 e. The van der Waals surface area contributed by atoms with E-state index < -0.39 is 0 Å². The minimum absolute atomic E-state index is 0.316. The number of anilines is 4. The molecular weight excluding hydrogens is 420 g/mol. The zero-order chi connectivity index (χ0) is 24.4. The van der Waals surface area contributed by atoms with Crippen LogP contribution >= 0.6 is 0 Å². The van der Waals surface area contributed by atoms with Crippen molar-refractivity contribution in [2.45, 2.75) is 0 Å². The standard InChI is InChI=1S/C23H32N8O2/c1-7-22(32)27-18-12-19(21(33-6)13-20(18)31(5)11-10-30(3)4)29-23-26-9-8-17(28-23)16(14-24)15-25-2/h7-9,12-15H,1,10-11,24H2,2-6H3,(H,27,32)(H,26,28,29). The molecule has 0 bridgehead atoms. The Bertz CT molecular complexity index is 1030. The molecule has 1 amide bonds. The van der Waals surface area contributed by atoms with Crippen molar-refractivity contribution in [3.05, 3.63) is 48.9 Å². The Balaban J connectivity index is 2.47. The van der Waals surface area contributed by atoms with Crippen molar-refractivity contribution >= 4 is 40.7 Å². The van der Waals surface area contributed by atoms with Crippen LogP contribution in [0.2, 0.25) is 0 Å². The highest BCUT2D eigenvalue weighted by molar-refractivity contribution is 6.08. The van der Waals surface area contributed by atoms with Crippen LogP contribution in [0.4, 0.5) is 23.0 Å². The van der Waals surface area contributed by atoms with E-state index in [9.17, 15) is 4.79 Å². The quantitative estimate of drug-likeness (QED) is 0.351. The SMILES string of the molecule is C=CC(=O)Nc1cc(Nc2nccc(C(C=NC)=CN)n2)c(OC)cc1N(C)CCN(C)C. The summed E-state index contributed by atoms with van der Waals surface area (Å²) in [5.74, 6) is 0.588. The largest absolute Gasteiger partial charge is 0.494 e. The van der Waals surface area contributed by atoms with Crippen LogP contribution in [0.1, 0.15) is 5.69 Å². The zero-order valence-corrected chi connectivity index (χ0v) is 19.8. The number of rotatable bonds is 11. The van der Waals surface area contributed by atoms with Gasteiger partial charge in [-0.25, -0.2) is 9.97 Å². The minimum Gasteiger partial charge on any atom is -0.494 e. The van der Waals surface area contributed by atoms with Crippen molar-refractivity contribution in [2.75, 3.05) is 63.9 Å². The summed E-state index contributed by atoms with van der Waals surface area (Å²) in [4.78, 5) is 29.0. The molecule has 0 saturated carbocycles. The fourth-order valence-electron chi connectivity index (χ4n) is 2.94. The molecule has 33 heavy (non-hydrogen) atoms. The number of methoxy groups -OCH3 is 1. The van der Waals surface area contributed by atoms with Crippen LogP contribution < -0.4 is 26.0 Å². The molecule has 176 valence electrons. The van der Waals surface area contributed by atoms with E-state index in [1.165, 1.54) is 12.3 Å². The number of nitrogens with zero attached hydrogens (tertiary/aromatic N) is 5. The fraction of sp³-hybridized carbons (Fsp3) is 0.304. The fourth-order valence-corrected chi connectivity index (χ4v) is 2.94. The summed E-state index contributed by atoms with van der Waals surface area (Å²) in [7, 11) is 9.21. The van der Waals surface area contributed by atoms with Crippen molar-refractivity contribution in [1.82, 2.24) is 14.9 Å². The van der Waals surface area contributed by atoms with Crippen LogP contribution in [0.3, 0.4) is 0 Å². The van der Waals surface area contributed by atoms with E-state index in [1.807, 2.05) is 32.1 Å². The topological polar surface area (TPSA) is 121 Å². The molecule has 0 atom stereocenters. The molecular formula is C23H32N8O2. The zero-order valence-electron chi connectivity index (χ0n) is 19.8. The van der Waals surface area contributed by atoms with E-state index in [2.05, 4.69) is 37.1 Å². The second-order valence-corrected chi connectivity index (χ2v) is 7.39. The van der Waals surface area contributed by atoms with Gasteiger partial charge in [0.2, 0.25) is 11.9 Å². The van der Waals surface area contributed by atoms with Crippen LogP contribution in [0.15, 0.2) is 48.2 Å². The van der Waals surface area contributed by atoms with Gasteiger partial charge in [-0.1, -0.05) is 6.58 Å². The van der Waals surface area contributed by atoms with Crippen molar-refractivity contribution in [1.29, 1.82) is 0 Å². The molecule has 0 saturated heterocycles. The predicted octanol–water partition coefficient (Wildman–Crippen LogP) is 2.35. The number of carbonyl (C=O) groups is 1. The van der Waals surface area contributed by atoms with Gasteiger partial charge >= 0.3 is 0 Å². The van der Waals surface area contributed by atoms with Crippen LogP contribution in [-0.4, -0.2) is 75.4 Å². The van der Waals surface area contributed by atoms with E-state index in [1.54, 1.807) is 38.7 Å². The van der Waals surface area contributed by atoms with Gasteiger partial charge in [0.05, 0.1) is 29.9 Å². The first-order valence-electron chi connectivity index (χ1n) is 10.3. The number of aliphatic imine (C=N–C) groups is 1. The molecule has 2 rings (SSSR count). The molecule has 0 fully saturated rings. The maximum Gasteiger partial charge on any atom is 0.247 e. The molecule has 0 aliphatic heterocycles. The van der Waals surface area contributed by atoms with Gasteiger partial charge in [-0.05, 0) is 32.3 Å². The average Bonchev–Trinajstić information content (AvgIpc) is 2.81. The molecule has 1 aromatic heterocycles. The lowest BCUT2D eigenvalue weighted by molar-refractivity contribution is -0.111. The number of hydrogen-bond donors (Lipinski definition) is 3. The Labute approximate surface area is 194 Å². The van der Waals surface area contributed by atoms with Crippen LogP contribution in [0, 0.1) is 0 Å². The van der Waals surface area contributed by atoms with Crippen molar-refractivity contribution in [3.63, 3.8) is 0 Å². The molecule has 0 unspecified atom stereocenters. The summed E-state index contributed by atoms with van der Waals surface area (Å²) in [5.41, 5.74) is 8.95. The number of hydrogen-bond acceptors (Lipinski definition) is 9. The van der Waals surface area contributed by atoms with E-state index in [0.717, 1.165) is 18.8 Å². The van der Waals surface area contributed by atoms with Crippen LogP contribution in [0.25, 0.3) is 5.57 Å². The number of carbonyl (C=O) groups excluding carboxylic acids is 1. The Morgan fingerprint density at radius 2 is 2.03 bits per heavy atom. The first-order chi connectivity index (χ1) is 15.8. The molecule has 1 heterocycles. The maximum atomic E-state index is 12.1. The summed E-state index contributed by atoms with van der Waals surface area (Å²) >= 11 is 0. The molecule has 1 aromatic carbocycles. The normalized spacial score (nSPS) is 11.5. The summed E-state index contributed by atoms with van der Waals surface area (Å²) in [6.45, 7) is 5.13. The van der Waals surface area contributed by atoms with Gasteiger partial charge in [-0.15, -0.1) is 0 Å². The number of benzene rings is 1. The Kier molecular flexibility index (Phi) is 9.37. The van der Waals surface area contributed by atoms with Gasteiger partial charge in [0.25, 0.3) is 0 Å². The Morgan fingerprint density at radius 3 is 2.64 bits per heavy atom. The summed E-state index contributed by atoms with van der Waals surface area (Å²) in [5, 5.41) is 6.04. The Morgan fingerprint density at radius 1 is 1.27 bits per heavy atom. The molecule has 0 aliphatic rings. The first kappa shape index (κ1) is 25.3. The van der Waals surface area contributed by atoms with Crippen molar-refractivity contribution in [3.8, 4) is 5.75 Å². The van der Waals surface area contributed by atoms with Crippen LogP contribution in [0.5, 0.6) is 5.75 Å². The van der Waals surface area contributed by atoms with Gasteiger partial charge in [0, 0.05) is 57.4 Å². The second kappa shape index (κ2) is 12.2. The minimum atomic E-state index is -0.316. The first-order valence-corrected chi connectivity index (χ1v) is 10.3. The predicted molar refractivity (Wildman–Crippen MR) is 136 cm³/mol. The van der Waals surface area contributed by atoms with Crippen LogP contribution in [-0.2, 0) is 4.79 Å². The number of ether oxygens (including phenoxy) is 1. The molecule has 0 aliphatic carbocycles. The summed E-state index contributed by atoms with van der Waals surface area (Å²) in [6, 6.07) is 5.38. The third kappa shape index (κ3) is 7.04. The molecule has 2 aromatic rings. The highest BCUT2D eigenvalue weighted by Gasteiger charge is 2.16. The third-order valence-electron chi connectivity index (χ3n) is 4.70. The maximum absolute atomic E-state index is 12.1. The number of nitrogens with one attached hydrogen (secondary N) is 2. The monoisotopic (exact) mass is 452 g/mol. The van der Waals surface area contributed by atoms with Gasteiger partial charge in [-0.3, -0.25) is 9.79 Å². The van der Waals surface area contributed by atoms with E-state index in [4.69, 9.17) is 10.5 Å². The van der Waals surface area contributed by atoms with Gasteiger partial charge in [0.1, 0.15) is 5.75 Å². The van der Waals surface area contributed by atoms with E-state index in [0.29, 0.717) is 34.3 Å². The average molecular weight is 453 g/mol. The van der Waals surface area contributed by atoms with Gasteiger partial charge in [0.15, 0.2) is 0 Å². The number of nitrogens with two attached hydrogens (primary N) is 1. The number of amides is 1. The number of allylic oxidation sites excluding steroid dienone is 1. The lowest BCUT2D eigenvalue weighted by Gasteiger charge is -2.26. The van der Waals surface area contributed by atoms with Crippen molar-refractivity contribution in [2.24, 2.45) is 10.7 Å². The van der Waals surface area contributed by atoms with E-state index >= 15 is 0 Å². The molecule has 4 N–H and O–H groups in total. The van der Waals surface area contributed by atoms with E-state index in [-0.39, 0.29) is 5.91 Å². The summed E-state index contributed by atoms with van der Waals surface area (Å²) < 4.78 is 5.62. The van der Waals surface area contributed by atoms with Crippen molar-refractivity contribution < 1.29 is 9.53 Å². The molecule has 0 spiro atoms. The number of aromatic nitrogens is 2. The van der Waals surface area contributed by atoms with Gasteiger partial charge in [-0.2, -0.15) is 0 Å². The molecule has 10 nitrogen and oxygen atoms in total. The lowest BCUT2D eigenvalue weighted by atomic mass is 10.2. The third-order valence-corrected chi connectivity index (χ3v) is 4.70. The summed E-state index contributed by atoms with van der Waals surface area (Å²) in [6.07, 6.45) is 5.90. The highest BCUT2D eigenvalue weighted by atomic mass is 16.5. The van der Waals surface area contributed by atoms with Gasteiger partial charge < -0.3 is 30.9 Å². The second-order valence-electron chi connectivity index (χ2n) is 7.39. The Hall–Kier alpha value is -3.92. The number of likely N-dealkylation sites (N-methyl/N-ethyl adjacent to an activating group) is 2. The highest BCUT2D eigenvalue weighted by Crippen LogP contribution is 2.37.